The first-order chi connectivity index (χ1) is 7.86. The molecule has 1 aliphatic rings. The molecule has 96 valence electrons. The molecule has 0 aromatic carbocycles. The summed E-state index contributed by atoms with van der Waals surface area (Å²) in [4.78, 5) is 2.48. The molecule has 1 N–H and O–H groups in total. The van der Waals surface area contributed by atoms with Crippen molar-refractivity contribution in [2.24, 2.45) is 5.92 Å². The lowest BCUT2D eigenvalue weighted by Gasteiger charge is -2.24. The SMILES string of the molecule is CCCCCCN(CCO)CC1CCCC1. The van der Waals surface area contributed by atoms with Crippen LogP contribution in [0.25, 0.3) is 0 Å². The van der Waals surface area contributed by atoms with Crippen LogP contribution in [-0.2, 0) is 0 Å². The molecule has 2 nitrogen and oxygen atoms in total. The van der Waals surface area contributed by atoms with Crippen molar-refractivity contribution in [2.75, 3.05) is 26.2 Å². The number of aliphatic hydroxyl groups excluding tert-OH is 1. The molecule has 0 spiro atoms. The van der Waals surface area contributed by atoms with Crippen molar-refractivity contribution in [3.63, 3.8) is 0 Å². The summed E-state index contributed by atoms with van der Waals surface area (Å²) in [6.07, 6.45) is 11.0. The van der Waals surface area contributed by atoms with Gasteiger partial charge in [0.1, 0.15) is 0 Å². The molecule has 0 heterocycles. The van der Waals surface area contributed by atoms with E-state index in [2.05, 4.69) is 11.8 Å². The Labute approximate surface area is 101 Å². The molecule has 1 aliphatic carbocycles. The maximum atomic E-state index is 9.07. The van der Waals surface area contributed by atoms with E-state index in [1.807, 2.05) is 0 Å². The average molecular weight is 227 g/mol. The number of nitrogens with zero attached hydrogens (tertiary/aromatic N) is 1. The third kappa shape index (κ3) is 5.86. The van der Waals surface area contributed by atoms with E-state index in [9.17, 15) is 0 Å². The van der Waals surface area contributed by atoms with Crippen LogP contribution in [0, 0.1) is 5.92 Å². The molecule has 1 saturated carbocycles. The van der Waals surface area contributed by atoms with Crippen LogP contribution in [0.1, 0.15) is 58.3 Å². The van der Waals surface area contributed by atoms with Gasteiger partial charge in [0.2, 0.25) is 0 Å². The van der Waals surface area contributed by atoms with Crippen LogP contribution in [0.2, 0.25) is 0 Å². The van der Waals surface area contributed by atoms with E-state index in [1.54, 1.807) is 0 Å². The van der Waals surface area contributed by atoms with Crippen LogP contribution in [0.5, 0.6) is 0 Å². The summed E-state index contributed by atoms with van der Waals surface area (Å²) in [6.45, 7) is 5.87. The van der Waals surface area contributed by atoms with Gasteiger partial charge in [-0.05, 0) is 31.7 Å². The van der Waals surface area contributed by atoms with Crippen LogP contribution < -0.4 is 0 Å². The molecular formula is C14H29NO. The molecule has 0 unspecified atom stereocenters. The first-order valence-corrected chi connectivity index (χ1v) is 7.20. The number of unbranched alkanes of at least 4 members (excludes halogenated alkanes) is 3. The number of hydrogen-bond acceptors (Lipinski definition) is 2. The summed E-state index contributed by atoms with van der Waals surface area (Å²) in [5.74, 6) is 0.915. The Morgan fingerprint density at radius 2 is 1.81 bits per heavy atom. The monoisotopic (exact) mass is 227 g/mol. The van der Waals surface area contributed by atoms with Crippen LogP contribution >= 0.6 is 0 Å². The molecule has 0 saturated heterocycles. The highest BCUT2D eigenvalue weighted by atomic mass is 16.3. The summed E-state index contributed by atoms with van der Waals surface area (Å²) in [5.41, 5.74) is 0. The van der Waals surface area contributed by atoms with Gasteiger partial charge in [-0.15, -0.1) is 0 Å². The van der Waals surface area contributed by atoms with Crippen molar-refractivity contribution in [1.82, 2.24) is 4.90 Å². The molecule has 0 aromatic heterocycles. The first kappa shape index (κ1) is 14.0. The standard InChI is InChI=1S/C14H29NO/c1-2-3-4-7-10-15(11-12-16)13-14-8-5-6-9-14/h14,16H,2-13H2,1H3. The van der Waals surface area contributed by atoms with E-state index in [-0.39, 0.29) is 0 Å². The van der Waals surface area contributed by atoms with Crippen molar-refractivity contribution < 1.29 is 5.11 Å². The molecular weight excluding hydrogens is 198 g/mol. The predicted octanol–water partition coefficient (Wildman–Crippen LogP) is 3.05. The maximum Gasteiger partial charge on any atom is 0.0558 e. The predicted molar refractivity (Wildman–Crippen MR) is 69.6 cm³/mol. The number of rotatable bonds is 9. The van der Waals surface area contributed by atoms with Gasteiger partial charge in [0.25, 0.3) is 0 Å². The lowest BCUT2D eigenvalue weighted by atomic mass is 10.1. The number of aliphatic hydroxyl groups is 1. The molecule has 0 bridgehead atoms. The van der Waals surface area contributed by atoms with E-state index in [1.165, 1.54) is 64.5 Å². The Kier molecular flexibility index (Phi) is 7.87. The third-order valence-corrected chi connectivity index (χ3v) is 3.74. The van der Waals surface area contributed by atoms with Crippen molar-refractivity contribution in [3.8, 4) is 0 Å². The van der Waals surface area contributed by atoms with Gasteiger partial charge in [-0.3, -0.25) is 0 Å². The Morgan fingerprint density at radius 3 is 2.44 bits per heavy atom. The van der Waals surface area contributed by atoms with E-state index in [0.717, 1.165) is 12.5 Å². The van der Waals surface area contributed by atoms with Gasteiger partial charge in [0.15, 0.2) is 0 Å². The Hall–Kier alpha value is -0.0800. The Bertz CT molecular complexity index is 155. The largest absolute Gasteiger partial charge is 0.395 e. The van der Waals surface area contributed by atoms with Gasteiger partial charge in [0, 0.05) is 13.1 Å². The second-order valence-corrected chi connectivity index (χ2v) is 5.24. The second-order valence-electron chi connectivity index (χ2n) is 5.24. The molecule has 16 heavy (non-hydrogen) atoms. The average Bonchev–Trinajstić information content (AvgIpc) is 2.77. The van der Waals surface area contributed by atoms with Gasteiger partial charge >= 0.3 is 0 Å². The fourth-order valence-electron chi connectivity index (χ4n) is 2.76. The summed E-state index contributed by atoms with van der Waals surface area (Å²) in [6, 6.07) is 0. The lowest BCUT2D eigenvalue weighted by Crippen LogP contribution is -2.32. The zero-order valence-electron chi connectivity index (χ0n) is 11.0. The van der Waals surface area contributed by atoms with E-state index in [0.29, 0.717) is 6.61 Å². The highest BCUT2D eigenvalue weighted by Crippen LogP contribution is 2.25. The Morgan fingerprint density at radius 1 is 1.06 bits per heavy atom. The molecule has 0 amide bonds. The van der Waals surface area contributed by atoms with Crippen molar-refractivity contribution >= 4 is 0 Å². The smallest absolute Gasteiger partial charge is 0.0558 e. The minimum absolute atomic E-state index is 0.320. The van der Waals surface area contributed by atoms with Gasteiger partial charge in [-0.2, -0.15) is 0 Å². The zero-order chi connectivity index (χ0) is 11.6. The highest BCUT2D eigenvalue weighted by molar-refractivity contribution is 4.71. The highest BCUT2D eigenvalue weighted by Gasteiger charge is 2.17. The molecule has 0 radical (unpaired) electrons. The van der Waals surface area contributed by atoms with E-state index < -0.39 is 0 Å². The minimum Gasteiger partial charge on any atom is -0.395 e. The third-order valence-electron chi connectivity index (χ3n) is 3.74. The lowest BCUT2D eigenvalue weighted by molar-refractivity contribution is 0.173. The van der Waals surface area contributed by atoms with Crippen molar-refractivity contribution in [3.05, 3.63) is 0 Å². The van der Waals surface area contributed by atoms with Gasteiger partial charge < -0.3 is 10.0 Å². The molecule has 0 aromatic rings. The van der Waals surface area contributed by atoms with E-state index in [4.69, 9.17) is 5.11 Å². The fourth-order valence-corrected chi connectivity index (χ4v) is 2.76. The molecule has 2 heteroatoms. The first-order valence-electron chi connectivity index (χ1n) is 7.20. The van der Waals surface area contributed by atoms with Gasteiger partial charge in [-0.1, -0.05) is 39.0 Å². The quantitative estimate of drug-likeness (QED) is 0.612. The van der Waals surface area contributed by atoms with E-state index >= 15 is 0 Å². The minimum atomic E-state index is 0.320. The molecule has 1 fully saturated rings. The molecule has 1 rings (SSSR count). The van der Waals surface area contributed by atoms with Crippen LogP contribution in [-0.4, -0.2) is 36.2 Å². The summed E-state index contributed by atoms with van der Waals surface area (Å²) >= 11 is 0. The molecule has 0 aliphatic heterocycles. The summed E-state index contributed by atoms with van der Waals surface area (Å²) in [5, 5.41) is 9.07. The zero-order valence-corrected chi connectivity index (χ0v) is 11.0. The number of hydrogen-bond donors (Lipinski definition) is 1. The summed E-state index contributed by atoms with van der Waals surface area (Å²) < 4.78 is 0. The normalized spacial score (nSPS) is 17.4. The maximum absolute atomic E-state index is 9.07. The van der Waals surface area contributed by atoms with Crippen LogP contribution in [0.4, 0.5) is 0 Å². The Balaban J connectivity index is 2.12. The topological polar surface area (TPSA) is 23.5 Å². The molecule has 0 atom stereocenters. The van der Waals surface area contributed by atoms with Gasteiger partial charge in [-0.25, -0.2) is 0 Å². The van der Waals surface area contributed by atoms with Crippen LogP contribution in [0.3, 0.4) is 0 Å². The second kappa shape index (κ2) is 9.00. The van der Waals surface area contributed by atoms with Crippen LogP contribution in [0.15, 0.2) is 0 Å². The van der Waals surface area contributed by atoms with Crippen molar-refractivity contribution in [1.29, 1.82) is 0 Å². The van der Waals surface area contributed by atoms with Crippen molar-refractivity contribution in [2.45, 2.75) is 58.3 Å². The fraction of sp³-hybridized carbons (Fsp3) is 1.00. The van der Waals surface area contributed by atoms with Gasteiger partial charge in [0.05, 0.1) is 6.61 Å². The summed E-state index contributed by atoms with van der Waals surface area (Å²) in [7, 11) is 0.